The third-order valence-electron chi connectivity index (χ3n) is 1.40. The van der Waals surface area contributed by atoms with Gasteiger partial charge in [-0.2, -0.15) is 0 Å². The largest absolute Gasteiger partial charge is 0.398 e. The van der Waals surface area contributed by atoms with Gasteiger partial charge in [0.1, 0.15) is 0 Å². The minimum atomic E-state index is -0.488. The molecule has 1 aromatic carbocycles. The van der Waals surface area contributed by atoms with Gasteiger partial charge in [0.25, 0.3) is 5.91 Å². The molecule has 1 amide bonds. The summed E-state index contributed by atoms with van der Waals surface area (Å²) in [7, 11) is 0. The first-order valence-electron chi connectivity index (χ1n) is 3.21. The molecule has 0 fully saturated rings. The molecule has 0 aliphatic carbocycles. The fourth-order valence-corrected chi connectivity index (χ4v) is 1.12. The van der Waals surface area contributed by atoms with Crippen LogP contribution in [0.1, 0.15) is 10.4 Å². The van der Waals surface area contributed by atoms with Crippen molar-refractivity contribution >= 4 is 23.2 Å². The normalized spacial score (nSPS) is 9.50. The monoisotopic (exact) mass is 185 g/mol. The zero-order chi connectivity index (χ0) is 9.14. The van der Waals surface area contributed by atoms with Crippen molar-refractivity contribution in [3.05, 3.63) is 28.8 Å². The first-order valence-corrected chi connectivity index (χ1v) is 3.59. The molecule has 1 rings (SSSR count). The third-order valence-corrected chi connectivity index (χ3v) is 1.72. The SMILES string of the molecule is NNC(=O)c1c(N)cccc1Cl. The number of carbonyl (C=O) groups excluding carboxylic acids is 1. The van der Waals surface area contributed by atoms with Crippen molar-refractivity contribution in [1.82, 2.24) is 5.43 Å². The Bertz CT molecular complexity index is 293. The van der Waals surface area contributed by atoms with Gasteiger partial charge in [0.15, 0.2) is 0 Å². The molecule has 4 nitrogen and oxygen atoms in total. The lowest BCUT2D eigenvalue weighted by Gasteiger charge is -2.04. The molecule has 0 heterocycles. The fraction of sp³-hybridized carbons (Fsp3) is 0. The van der Waals surface area contributed by atoms with E-state index in [1.165, 1.54) is 0 Å². The van der Waals surface area contributed by atoms with Crippen molar-refractivity contribution in [1.29, 1.82) is 0 Å². The molecule has 0 aliphatic rings. The van der Waals surface area contributed by atoms with Crippen LogP contribution in [0.15, 0.2) is 18.2 Å². The number of hydrogen-bond donors (Lipinski definition) is 3. The highest BCUT2D eigenvalue weighted by Crippen LogP contribution is 2.21. The number of nitrogens with two attached hydrogens (primary N) is 2. The molecule has 0 atom stereocenters. The predicted octanol–water partition coefficient (Wildman–Crippen LogP) is 0.526. The highest BCUT2D eigenvalue weighted by atomic mass is 35.5. The summed E-state index contributed by atoms with van der Waals surface area (Å²) in [6.07, 6.45) is 0. The lowest BCUT2D eigenvalue weighted by molar-refractivity contribution is 0.0954. The third kappa shape index (κ3) is 1.49. The molecular formula is C7H8ClN3O. The summed E-state index contributed by atoms with van der Waals surface area (Å²) >= 11 is 5.71. The smallest absolute Gasteiger partial charge is 0.268 e. The van der Waals surface area contributed by atoms with Crippen molar-refractivity contribution < 1.29 is 4.79 Å². The van der Waals surface area contributed by atoms with Gasteiger partial charge in [0.05, 0.1) is 10.6 Å². The van der Waals surface area contributed by atoms with Gasteiger partial charge in [-0.3, -0.25) is 10.2 Å². The van der Waals surface area contributed by atoms with Crippen LogP contribution in [0.2, 0.25) is 5.02 Å². The van der Waals surface area contributed by atoms with E-state index < -0.39 is 5.91 Å². The van der Waals surface area contributed by atoms with Crippen molar-refractivity contribution in [2.24, 2.45) is 5.84 Å². The van der Waals surface area contributed by atoms with Gasteiger partial charge in [0, 0.05) is 5.69 Å². The van der Waals surface area contributed by atoms with E-state index in [0.29, 0.717) is 5.69 Å². The summed E-state index contributed by atoms with van der Waals surface area (Å²) in [6.45, 7) is 0. The summed E-state index contributed by atoms with van der Waals surface area (Å²) in [5.74, 6) is 4.44. The Labute approximate surface area is 74.5 Å². The average molecular weight is 186 g/mol. The van der Waals surface area contributed by atoms with Crippen LogP contribution in [0.3, 0.4) is 0 Å². The number of nitrogens with one attached hydrogen (secondary N) is 1. The van der Waals surface area contributed by atoms with Crippen LogP contribution in [0.4, 0.5) is 5.69 Å². The van der Waals surface area contributed by atoms with E-state index in [2.05, 4.69) is 0 Å². The Hall–Kier alpha value is -1.26. The van der Waals surface area contributed by atoms with Gasteiger partial charge < -0.3 is 5.73 Å². The maximum Gasteiger partial charge on any atom is 0.268 e. The van der Waals surface area contributed by atoms with E-state index in [-0.39, 0.29) is 10.6 Å². The molecule has 0 aliphatic heterocycles. The lowest BCUT2D eigenvalue weighted by Crippen LogP contribution is -2.30. The standard InChI is InChI=1S/C7H8ClN3O/c8-4-2-1-3-5(9)6(4)7(12)11-10/h1-3H,9-10H2,(H,11,12). The van der Waals surface area contributed by atoms with Crippen LogP contribution in [0, 0.1) is 0 Å². The van der Waals surface area contributed by atoms with E-state index >= 15 is 0 Å². The zero-order valence-corrected chi connectivity index (χ0v) is 6.93. The summed E-state index contributed by atoms with van der Waals surface area (Å²) in [6, 6.07) is 4.81. The quantitative estimate of drug-likeness (QED) is 0.258. The van der Waals surface area contributed by atoms with E-state index in [9.17, 15) is 4.79 Å². The maximum atomic E-state index is 11.1. The van der Waals surface area contributed by atoms with E-state index in [4.69, 9.17) is 23.2 Å². The van der Waals surface area contributed by atoms with Gasteiger partial charge in [-0.15, -0.1) is 0 Å². The highest BCUT2D eigenvalue weighted by molar-refractivity contribution is 6.34. The molecule has 12 heavy (non-hydrogen) atoms. The van der Waals surface area contributed by atoms with Crippen LogP contribution in [-0.4, -0.2) is 5.91 Å². The minimum Gasteiger partial charge on any atom is -0.398 e. The van der Waals surface area contributed by atoms with Crippen LogP contribution >= 0.6 is 11.6 Å². The summed E-state index contributed by atoms with van der Waals surface area (Å²) in [5.41, 5.74) is 7.98. The molecule has 0 spiro atoms. The van der Waals surface area contributed by atoms with Gasteiger partial charge in [0.2, 0.25) is 0 Å². The van der Waals surface area contributed by atoms with Gasteiger partial charge in [-0.25, -0.2) is 5.84 Å². The number of hydrazine groups is 1. The number of anilines is 1. The van der Waals surface area contributed by atoms with Crippen molar-refractivity contribution in [3.8, 4) is 0 Å². The number of amides is 1. The summed E-state index contributed by atoms with van der Waals surface area (Å²) < 4.78 is 0. The van der Waals surface area contributed by atoms with Crippen LogP contribution < -0.4 is 17.0 Å². The van der Waals surface area contributed by atoms with E-state index in [0.717, 1.165) is 0 Å². The first kappa shape index (κ1) is 8.83. The highest BCUT2D eigenvalue weighted by Gasteiger charge is 2.11. The Morgan fingerprint density at radius 1 is 1.50 bits per heavy atom. The molecule has 0 aromatic heterocycles. The van der Waals surface area contributed by atoms with Crippen molar-refractivity contribution in [2.75, 3.05) is 5.73 Å². The number of halogens is 1. The Balaban J connectivity index is 3.21. The molecule has 0 unspecified atom stereocenters. The summed E-state index contributed by atoms with van der Waals surface area (Å²) in [4.78, 5) is 11.1. The van der Waals surface area contributed by atoms with Crippen molar-refractivity contribution in [3.63, 3.8) is 0 Å². The topological polar surface area (TPSA) is 81.1 Å². The van der Waals surface area contributed by atoms with Crippen molar-refractivity contribution in [2.45, 2.75) is 0 Å². The number of hydrogen-bond acceptors (Lipinski definition) is 3. The maximum absolute atomic E-state index is 11.1. The van der Waals surface area contributed by atoms with Gasteiger partial charge in [-0.05, 0) is 12.1 Å². The van der Waals surface area contributed by atoms with Gasteiger partial charge >= 0.3 is 0 Å². The lowest BCUT2D eigenvalue weighted by atomic mass is 10.2. The molecule has 0 saturated carbocycles. The Morgan fingerprint density at radius 2 is 2.17 bits per heavy atom. The van der Waals surface area contributed by atoms with Gasteiger partial charge in [-0.1, -0.05) is 17.7 Å². The predicted molar refractivity (Wildman–Crippen MR) is 47.5 cm³/mol. The molecule has 5 N–H and O–H groups in total. The second-order valence-corrected chi connectivity index (χ2v) is 2.58. The molecule has 1 aromatic rings. The number of carbonyl (C=O) groups is 1. The average Bonchev–Trinajstić information content (AvgIpc) is 2.03. The van der Waals surface area contributed by atoms with Crippen LogP contribution in [-0.2, 0) is 0 Å². The van der Waals surface area contributed by atoms with Crippen LogP contribution in [0.25, 0.3) is 0 Å². The number of nitrogen functional groups attached to an aromatic ring is 2. The number of rotatable bonds is 1. The molecule has 64 valence electrons. The molecule has 0 radical (unpaired) electrons. The minimum absolute atomic E-state index is 0.210. The molecule has 0 bridgehead atoms. The van der Waals surface area contributed by atoms with E-state index in [1.54, 1.807) is 18.2 Å². The molecule has 5 heteroatoms. The molecular weight excluding hydrogens is 178 g/mol. The molecule has 0 saturated heterocycles. The van der Waals surface area contributed by atoms with Crippen LogP contribution in [0.5, 0.6) is 0 Å². The second kappa shape index (κ2) is 3.42. The Morgan fingerprint density at radius 3 is 2.67 bits per heavy atom. The number of benzene rings is 1. The summed E-state index contributed by atoms with van der Waals surface area (Å²) in [5, 5.41) is 0.290. The zero-order valence-electron chi connectivity index (χ0n) is 6.17. The Kier molecular flexibility index (Phi) is 2.52. The van der Waals surface area contributed by atoms with E-state index in [1.807, 2.05) is 5.43 Å². The first-order chi connectivity index (χ1) is 5.66. The fourth-order valence-electron chi connectivity index (χ4n) is 0.853. The second-order valence-electron chi connectivity index (χ2n) is 2.18.